The summed E-state index contributed by atoms with van der Waals surface area (Å²) in [6.07, 6.45) is 4.60. The Bertz CT molecular complexity index is 492. The first-order chi connectivity index (χ1) is 8.25. The highest BCUT2D eigenvalue weighted by atomic mass is 16.5. The van der Waals surface area contributed by atoms with E-state index in [1.54, 1.807) is 12.4 Å². The minimum absolute atomic E-state index is 0.130. The van der Waals surface area contributed by atoms with E-state index in [1.165, 1.54) is 12.3 Å². The summed E-state index contributed by atoms with van der Waals surface area (Å²) in [5.74, 6) is -0.515. The SMILES string of the molecule is O=C(O)c1coc(COCc2cccnc2)c1. The summed E-state index contributed by atoms with van der Waals surface area (Å²) in [5, 5.41) is 8.69. The van der Waals surface area contributed by atoms with E-state index in [2.05, 4.69) is 4.98 Å². The van der Waals surface area contributed by atoms with Crippen LogP contribution in [0.4, 0.5) is 0 Å². The second-order valence-electron chi connectivity index (χ2n) is 3.46. The Balaban J connectivity index is 1.84. The third kappa shape index (κ3) is 3.15. The molecule has 0 radical (unpaired) electrons. The van der Waals surface area contributed by atoms with Crippen molar-refractivity contribution in [3.05, 3.63) is 53.7 Å². The topological polar surface area (TPSA) is 72.6 Å². The van der Waals surface area contributed by atoms with E-state index in [4.69, 9.17) is 14.3 Å². The number of hydrogen-bond acceptors (Lipinski definition) is 4. The lowest BCUT2D eigenvalue weighted by Crippen LogP contribution is -1.94. The van der Waals surface area contributed by atoms with Gasteiger partial charge in [0, 0.05) is 12.4 Å². The summed E-state index contributed by atoms with van der Waals surface area (Å²) in [6.45, 7) is 0.652. The van der Waals surface area contributed by atoms with Crippen molar-refractivity contribution < 1.29 is 19.1 Å². The van der Waals surface area contributed by atoms with E-state index < -0.39 is 5.97 Å². The van der Waals surface area contributed by atoms with Crippen molar-refractivity contribution >= 4 is 5.97 Å². The quantitative estimate of drug-likeness (QED) is 0.856. The van der Waals surface area contributed by atoms with Gasteiger partial charge in [0.2, 0.25) is 0 Å². The van der Waals surface area contributed by atoms with E-state index in [1.807, 2.05) is 12.1 Å². The third-order valence-corrected chi connectivity index (χ3v) is 2.14. The van der Waals surface area contributed by atoms with Crippen LogP contribution in [0.3, 0.4) is 0 Å². The van der Waals surface area contributed by atoms with Gasteiger partial charge in [-0.25, -0.2) is 4.79 Å². The minimum atomic E-state index is -1.01. The standard InChI is InChI=1S/C12H11NO4/c14-12(15)10-4-11(17-7-10)8-16-6-9-2-1-3-13-5-9/h1-5,7H,6,8H2,(H,14,15). The molecule has 0 bridgehead atoms. The maximum Gasteiger partial charge on any atom is 0.338 e. The molecule has 0 aliphatic heterocycles. The largest absolute Gasteiger partial charge is 0.478 e. The normalized spacial score (nSPS) is 10.4. The number of hydrogen-bond donors (Lipinski definition) is 1. The number of furan rings is 1. The van der Waals surface area contributed by atoms with Crippen LogP contribution in [0.1, 0.15) is 21.7 Å². The van der Waals surface area contributed by atoms with Crippen molar-refractivity contribution in [1.29, 1.82) is 0 Å². The van der Waals surface area contributed by atoms with Crippen LogP contribution in [-0.2, 0) is 18.0 Å². The Kier molecular flexibility index (Phi) is 3.52. The molecule has 88 valence electrons. The van der Waals surface area contributed by atoms with Gasteiger partial charge in [-0.3, -0.25) is 4.98 Å². The number of carboxylic acids is 1. The summed E-state index contributed by atoms with van der Waals surface area (Å²) in [4.78, 5) is 14.6. The van der Waals surface area contributed by atoms with Crippen molar-refractivity contribution in [2.75, 3.05) is 0 Å². The van der Waals surface area contributed by atoms with Gasteiger partial charge >= 0.3 is 5.97 Å². The van der Waals surface area contributed by atoms with Crippen LogP contribution in [0.2, 0.25) is 0 Å². The average Bonchev–Trinajstić information content (AvgIpc) is 2.79. The molecule has 0 saturated carbocycles. The lowest BCUT2D eigenvalue weighted by molar-refractivity contribution is 0.0696. The predicted octanol–water partition coefficient (Wildman–Crippen LogP) is 2.09. The van der Waals surface area contributed by atoms with Crippen molar-refractivity contribution in [3.8, 4) is 0 Å². The minimum Gasteiger partial charge on any atom is -0.478 e. The van der Waals surface area contributed by atoms with Gasteiger partial charge in [-0.05, 0) is 17.7 Å². The fraction of sp³-hybridized carbons (Fsp3) is 0.167. The molecule has 0 saturated heterocycles. The van der Waals surface area contributed by atoms with Crippen LogP contribution in [0.25, 0.3) is 0 Å². The lowest BCUT2D eigenvalue weighted by atomic mass is 10.3. The summed E-state index contributed by atoms with van der Waals surface area (Å²) in [6, 6.07) is 5.18. The van der Waals surface area contributed by atoms with Gasteiger partial charge in [-0.15, -0.1) is 0 Å². The Morgan fingerprint density at radius 3 is 3.00 bits per heavy atom. The number of nitrogens with zero attached hydrogens (tertiary/aromatic N) is 1. The number of aromatic nitrogens is 1. The number of pyridine rings is 1. The zero-order chi connectivity index (χ0) is 12.1. The average molecular weight is 233 g/mol. The molecule has 2 aromatic heterocycles. The van der Waals surface area contributed by atoms with E-state index in [9.17, 15) is 4.79 Å². The van der Waals surface area contributed by atoms with E-state index >= 15 is 0 Å². The molecule has 0 aromatic carbocycles. The molecule has 5 heteroatoms. The second kappa shape index (κ2) is 5.27. The molecule has 2 rings (SSSR count). The zero-order valence-corrected chi connectivity index (χ0v) is 9.00. The molecular formula is C12H11NO4. The van der Waals surface area contributed by atoms with Crippen LogP contribution in [-0.4, -0.2) is 16.1 Å². The molecule has 0 aliphatic carbocycles. The molecule has 17 heavy (non-hydrogen) atoms. The number of carboxylic acid groups (broad SMARTS) is 1. The smallest absolute Gasteiger partial charge is 0.338 e. The summed E-state index contributed by atoms with van der Waals surface area (Å²) >= 11 is 0. The van der Waals surface area contributed by atoms with Gasteiger partial charge in [0.25, 0.3) is 0 Å². The van der Waals surface area contributed by atoms with Crippen molar-refractivity contribution in [2.45, 2.75) is 13.2 Å². The molecule has 0 aliphatic rings. The van der Waals surface area contributed by atoms with Crippen LogP contribution < -0.4 is 0 Å². The maximum atomic E-state index is 10.6. The summed E-state index contributed by atoms with van der Waals surface area (Å²) in [7, 11) is 0. The molecule has 0 spiro atoms. The molecule has 2 heterocycles. The summed E-state index contributed by atoms with van der Waals surface area (Å²) in [5.41, 5.74) is 1.09. The number of rotatable bonds is 5. The molecule has 5 nitrogen and oxygen atoms in total. The van der Waals surface area contributed by atoms with Crippen molar-refractivity contribution in [2.24, 2.45) is 0 Å². The Morgan fingerprint density at radius 1 is 1.47 bits per heavy atom. The molecule has 1 N–H and O–H groups in total. The van der Waals surface area contributed by atoms with Crippen molar-refractivity contribution in [1.82, 2.24) is 4.98 Å². The van der Waals surface area contributed by atoms with Crippen LogP contribution in [0.5, 0.6) is 0 Å². The van der Waals surface area contributed by atoms with Crippen molar-refractivity contribution in [3.63, 3.8) is 0 Å². The van der Waals surface area contributed by atoms with Gasteiger partial charge in [0.1, 0.15) is 18.6 Å². The fourth-order valence-corrected chi connectivity index (χ4v) is 1.32. The molecule has 0 amide bonds. The summed E-state index contributed by atoms with van der Waals surface area (Å²) < 4.78 is 10.4. The first kappa shape index (κ1) is 11.3. The van der Waals surface area contributed by atoms with Gasteiger partial charge in [0.05, 0.1) is 12.2 Å². The molecule has 0 atom stereocenters. The predicted molar refractivity (Wildman–Crippen MR) is 58.4 cm³/mol. The number of ether oxygens (including phenoxy) is 1. The number of aromatic carboxylic acids is 1. The second-order valence-corrected chi connectivity index (χ2v) is 3.46. The highest BCUT2D eigenvalue weighted by molar-refractivity contribution is 5.87. The van der Waals surface area contributed by atoms with Gasteiger partial charge < -0.3 is 14.3 Å². The molecular weight excluding hydrogens is 222 g/mol. The third-order valence-electron chi connectivity index (χ3n) is 2.14. The maximum absolute atomic E-state index is 10.6. The molecule has 0 fully saturated rings. The van der Waals surface area contributed by atoms with E-state index in [0.717, 1.165) is 5.56 Å². The Morgan fingerprint density at radius 2 is 2.35 bits per heavy atom. The van der Waals surface area contributed by atoms with Gasteiger partial charge in [-0.1, -0.05) is 6.07 Å². The monoisotopic (exact) mass is 233 g/mol. The van der Waals surface area contributed by atoms with Gasteiger partial charge in [0.15, 0.2) is 0 Å². The van der Waals surface area contributed by atoms with Gasteiger partial charge in [-0.2, -0.15) is 0 Å². The van der Waals surface area contributed by atoms with E-state index in [-0.39, 0.29) is 12.2 Å². The first-order valence-electron chi connectivity index (χ1n) is 5.03. The zero-order valence-electron chi connectivity index (χ0n) is 9.00. The fourth-order valence-electron chi connectivity index (χ4n) is 1.32. The van der Waals surface area contributed by atoms with Crippen LogP contribution in [0.15, 0.2) is 41.3 Å². The first-order valence-corrected chi connectivity index (χ1v) is 5.03. The van der Waals surface area contributed by atoms with Crippen LogP contribution >= 0.6 is 0 Å². The Hall–Kier alpha value is -2.14. The van der Waals surface area contributed by atoms with Crippen LogP contribution in [0, 0.1) is 0 Å². The van der Waals surface area contributed by atoms with E-state index in [0.29, 0.717) is 12.4 Å². The molecule has 2 aromatic rings. The highest BCUT2D eigenvalue weighted by Crippen LogP contribution is 2.10. The highest BCUT2D eigenvalue weighted by Gasteiger charge is 2.07. The molecule has 0 unspecified atom stereocenters. The Labute approximate surface area is 97.7 Å². The lowest BCUT2D eigenvalue weighted by Gasteiger charge is -2.01. The number of carbonyl (C=O) groups is 1.